The van der Waals surface area contributed by atoms with E-state index in [-0.39, 0.29) is 0 Å². The lowest BCUT2D eigenvalue weighted by molar-refractivity contribution is -0.477. The zero-order valence-corrected chi connectivity index (χ0v) is 57.1. The van der Waals surface area contributed by atoms with Crippen LogP contribution in [0.2, 0.25) is 0 Å². The van der Waals surface area contributed by atoms with Crippen LogP contribution < -0.4 is 23.7 Å². The monoisotopic (exact) mass is 1250 g/mol. The van der Waals surface area contributed by atoms with Gasteiger partial charge in [0.05, 0.1) is 27.8 Å². The normalized spacial score (nSPS) is 13.5. The molecule has 5 aliphatic heterocycles. The molecule has 0 aromatic heterocycles. The second kappa shape index (κ2) is 29.0. The van der Waals surface area contributed by atoms with Crippen molar-refractivity contribution in [3.63, 3.8) is 0 Å². The van der Waals surface area contributed by atoms with E-state index in [0.29, 0.717) is 33.7 Å². The summed E-state index contributed by atoms with van der Waals surface area (Å²) in [5, 5.41) is 0. The van der Waals surface area contributed by atoms with Crippen molar-refractivity contribution in [1.82, 2.24) is 0 Å². The van der Waals surface area contributed by atoms with Crippen molar-refractivity contribution < 1.29 is 46.6 Å². The highest BCUT2D eigenvalue weighted by Gasteiger charge is 2.27. The second-order valence-electron chi connectivity index (χ2n) is 25.2. The molecule has 0 fully saturated rings. The molecule has 15 rings (SSSR count). The van der Waals surface area contributed by atoms with Crippen molar-refractivity contribution in [2.45, 2.75) is 96.9 Å². The molecule has 0 unspecified atom stereocenters. The summed E-state index contributed by atoms with van der Waals surface area (Å²) in [5.41, 5.74) is 29.3. The van der Waals surface area contributed by atoms with E-state index in [1.807, 2.05) is 0 Å². The van der Waals surface area contributed by atoms with E-state index >= 15 is 0 Å². The Morgan fingerprint density at radius 2 is 0.543 bits per heavy atom. The summed E-state index contributed by atoms with van der Waals surface area (Å²) in [6.45, 7) is 32.5. The minimum Gasteiger partial charge on any atom is -0.435 e. The fraction of sp³-hybridized carbons (Fsp3) is 0.226. The topological polar surface area (TPSA) is 61.2 Å². The summed E-state index contributed by atoms with van der Waals surface area (Å²) in [7, 11) is 0. The van der Waals surface area contributed by atoms with Crippen molar-refractivity contribution in [2.24, 2.45) is 0 Å². The van der Waals surface area contributed by atoms with Crippen molar-refractivity contribution >= 4 is 59.5 Å². The summed E-state index contributed by atoms with van der Waals surface area (Å²) >= 11 is 0. The summed E-state index contributed by atoms with van der Waals surface area (Å²) in [4.78, 5) is 0. The number of para-hydroxylation sites is 7. The van der Waals surface area contributed by atoms with Gasteiger partial charge in [-0.05, 0) is 184 Å². The molecule has 0 atom stereocenters. The number of nitrogens with zero attached hydrogens (tertiary/aromatic N) is 5. The molecule has 10 nitrogen and oxygen atoms in total. The first kappa shape index (κ1) is 65.1. The second-order valence-corrected chi connectivity index (χ2v) is 25.2. The summed E-state index contributed by atoms with van der Waals surface area (Å²) in [6.07, 6.45) is 10.8. The highest BCUT2D eigenvalue weighted by atomic mass is 16.5. The molecule has 0 bridgehead atoms. The van der Waals surface area contributed by atoms with Gasteiger partial charge < -0.3 is 23.7 Å². The van der Waals surface area contributed by atoms with Gasteiger partial charge in [-0.15, -0.1) is 0 Å². The number of aryl methyl sites for hydroxylation is 14. The van der Waals surface area contributed by atoms with Crippen LogP contribution in [0.4, 0.5) is 28.4 Å². The van der Waals surface area contributed by atoms with Crippen LogP contribution in [0.15, 0.2) is 188 Å². The molecule has 0 radical (unpaired) electrons. The molecule has 0 spiro atoms. The van der Waals surface area contributed by atoms with E-state index in [4.69, 9.17) is 23.7 Å². The molecule has 0 N–H and O–H groups in total. The van der Waals surface area contributed by atoms with Gasteiger partial charge in [0.1, 0.15) is 28.7 Å². The molecular formula is C84H88N5O5+5. The van der Waals surface area contributed by atoms with E-state index in [9.17, 15) is 0 Å². The SMILES string of the molecule is Cc1cc(C)c([N+]2=Cc3cccc(C)c3OC2)c(C)c1.Cc1ccc(C)c([N+]2=Cc3cccc(C)c3OC2)c1.Cc1ccc([N+]2=Cc3cccc(C)c3OC2)cc1C.Cc1ccccc1[N+]1=Cc2cccc(C)c2OC1.Cc1ccccc1[N+]1=Cc2cccc(C)c2OC1. The molecular weight excluding hydrogens is 1160 g/mol. The maximum atomic E-state index is 5.96. The van der Waals surface area contributed by atoms with Gasteiger partial charge in [-0.1, -0.05) is 121 Å². The number of fused-ring (bicyclic) bond motifs is 5. The average Bonchev–Trinajstić information content (AvgIpc) is 0.898. The number of benzene rings is 10. The molecule has 0 saturated carbocycles. The molecule has 5 heterocycles. The van der Waals surface area contributed by atoms with Gasteiger partial charge in [-0.2, -0.15) is 22.9 Å². The van der Waals surface area contributed by atoms with Crippen LogP contribution in [0.3, 0.4) is 0 Å². The highest BCUT2D eigenvalue weighted by Crippen LogP contribution is 2.34. The predicted octanol–water partition coefficient (Wildman–Crippen LogP) is 18.3. The fourth-order valence-corrected chi connectivity index (χ4v) is 12.6. The molecule has 0 amide bonds. The third kappa shape index (κ3) is 14.9. The van der Waals surface area contributed by atoms with Crippen molar-refractivity contribution in [1.29, 1.82) is 0 Å². The van der Waals surface area contributed by atoms with Crippen LogP contribution in [-0.2, 0) is 0 Å². The van der Waals surface area contributed by atoms with Gasteiger partial charge in [-0.25, -0.2) is 0 Å². The number of hydrogen-bond acceptors (Lipinski definition) is 5. The molecule has 10 aromatic rings. The quantitative estimate of drug-likeness (QED) is 0.161. The van der Waals surface area contributed by atoms with E-state index in [1.54, 1.807) is 0 Å². The van der Waals surface area contributed by atoms with Crippen LogP contribution in [0.25, 0.3) is 0 Å². The minimum absolute atomic E-state index is 0.570. The van der Waals surface area contributed by atoms with Crippen molar-refractivity contribution in [3.05, 3.63) is 294 Å². The molecule has 0 aliphatic carbocycles. The van der Waals surface area contributed by atoms with E-state index < -0.39 is 0 Å². The molecule has 0 saturated heterocycles. The lowest BCUT2D eigenvalue weighted by Gasteiger charge is -2.17. The van der Waals surface area contributed by atoms with E-state index in [0.717, 1.165) is 56.6 Å². The Labute approximate surface area is 556 Å². The first-order chi connectivity index (χ1) is 45.4. The summed E-state index contributed by atoms with van der Waals surface area (Å²) in [6, 6.07) is 65.4. The lowest BCUT2D eigenvalue weighted by Crippen LogP contribution is -2.22. The highest BCUT2D eigenvalue weighted by molar-refractivity contribution is 5.85. The van der Waals surface area contributed by atoms with Gasteiger partial charge in [0.2, 0.25) is 28.4 Å². The maximum absolute atomic E-state index is 5.96. The summed E-state index contributed by atoms with van der Waals surface area (Å²) in [5.74, 6) is 5.02. The number of ether oxygens (including phenoxy) is 5. The molecule has 474 valence electrons. The van der Waals surface area contributed by atoms with Crippen LogP contribution in [-0.4, -0.2) is 87.6 Å². The first-order valence-electron chi connectivity index (χ1n) is 32.4. The Kier molecular flexibility index (Phi) is 20.1. The molecule has 94 heavy (non-hydrogen) atoms. The van der Waals surface area contributed by atoms with Gasteiger partial charge in [0.25, 0.3) is 33.7 Å². The Hall–Kier alpha value is -10.5. The Bertz CT molecular complexity index is 4540. The number of hydrogen-bond donors (Lipinski definition) is 0. The average molecular weight is 1250 g/mol. The third-order valence-electron chi connectivity index (χ3n) is 17.7. The van der Waals surface area contributed by atoms with Crippen molar-refractivity contribution in [3.8, 4) is 28.7 Å². The summed E-state index contributed by atoms with van der Waals surface area (Å²) < 4.78 is 40.3. The van der Waals surface area contributed by atoms with Crippen molar-refractivity contribution in [2.75, 3.05) is 33.7 Å². The Morgan fingerprint density at radius 1 is 0.223 bits per heavy atom. The van der Waals surface area contributed by atoms with E-state index in [1.165, 1.54) is 106 Å². The van der Waals surface area contributed by atoms with Crippen LogP contribution in [0, 0.1) is 96.9 Å². The van der Waals surface area contributed by atoms with Crippen LogP contribution >= 0.6 is 0 Å². The fourth-order valence-electron chi connectivity index (χ4n) is 12.6. The zero-order chi connectivity index (χ0) is 66.2. The van der Waals surface area contributed by atoms with Gasteiger partial charge in [0.15, 0.2) is 31.1 Å². The molecule has 10 heteroatoms. The molecule has 5 aliphatic rings. The molecule has 10 aromatic carbocycles. The third-order valence-corrected chi connectivity index (χ3v) is 17.7. The lowest BCUT2D eigenvalue weighted by atomic mass is 10.0. The Morgan fingerprint density at radius 3 is 0.936 bits per heavy atom. The largest absolute Gasteiger partial charge is 0.435 e. The van der Waals surface area contributed by atoms with Gasteiger partial charge in [0, 0.05) is 58.1 Å². The predicted molar refractivity (Wildman–Crippen MR) is 384 cm³/mol. The van der Waals surface area contributed by atoms with Gasteiger partial charge in [-0.3, -0.25) is 0 Å². The first-order valence-corrected chi connectivity index (χ1v) is 32.4. The van der Waals surface area contributed by atoms with Gasteiger partial charge >= 0.3 is 0 Å². The van der Waals surface area contributed by atoms with E-state index in [2.05, 4.69) is 339 Å². The van der Waals surface area contributed by atoms with Crippen LogP contribution in [0.1, 0.15) is 106 Å². The maximum Gasteiger partial charge on any atom is 0.292 e. The smallest absolute Gasteiger partial charge is 0.292 e. The minimum atomic E-state index is 0.570. The number of rotatable bonds is 5. The Balaban J connectivity index is 0.000000120. The van der Waals surface area contributed by atoms with Crippen LogP contribution in [0.5, 0.6) is 28.7 Å². The standard InChI is InChI=1S/C18H20NO.2C17H18NO.2C16H16NO/c1-12-8-14(3)17(15(4)9-12)19-10-16-7-5-6-13(2)18(16)20-11-19;1-12-7-8-16(9-14(12)3)18-10-15-6-4-5-13(2)17(15)19-11-18;1-12-7-8-13(2)16(9-12)18-10-15-6-4-5-14(3)17(15)19-11-18;2*1-12-6-3-4-9-15(12)17-10-14-8-5-7-13(2)16(14)18-11-17/h5-10H,11H2,1-4H3;2*4-10H,11H2,1-3H3;2*3-10H,11H2,1-2H3/q5*+1. The zero-order valence-electron chi connectivity index (χ0n) is 57.1.